The summed E-state index contributed by atoms with van der Waals surface area (Å²) in [5.41, 5.74) is 0.881. The summed E-state index contributed by atoms with van der Waals surface area (Å²) in [4.78, 5) is 18.3. The first-order valence-electron chi connectivity index (χ1n) is 8.37. The molecule has 2 aliphatic heterocycles. The van der Waals surface area contributed by atoms with E-state index in [0.29, 0.717) is 0 Å². The highest BCUT2D eigenvalue weighted by Crippen LogP contribution is 2.22. The van der Waals surface area contributed by atoms with Gasteiger partial charge in [-0.3, -0.25) is 14.7 Å². The highest BCUT2D eigenvalue weighted by molar-refractivity contribution is 7.91. The maximum atomic E-state index is 12.2. The van der Waals surface area contributed by atoms with E-state index < -0.39 is 9.84 Å². The average Bonchev–Trinajstić information content (AvgIpc) is 2.89. The quantitative estimate of drug-likeness (QED) is 0.816. The fraction of sp³-hybridized carbons (Fsp3) is 0.529. The molecule has 7 heteroatoms. The van der Waals surface area contributed by atoms with Gasteiger partial charge in [0.25, 0.3) is 0 Å². The molecular formula is C17H23N3O3S. The molecular weight excluding hydrogens is 326 g/mol. The first-order valence-corrected chi connectivity index (χ1v) is 10.2. The number of likely N-dealkylation sites (tertiary alicyclic amines) is 1. The van der Waals surface area contributed by atoms with Crippen molar-refractivity contribution in [1.29, 1.82) is 0 Å². The van der Waals surface area contributed by atoms with Gasteiger partial charge in [-0.1, -0.05) is 6.42 Å². The zero-order chi connectivity index (χ0) is 17.0. The van der Waals surface area contributed by atoms with Gasteiger partial charge in [0.1, 0.15) is 0 Å². The number of hydrogen-bond donors (Lipinski definition) is 1. The van der Waals surface area contributed by atoms with E-state index in [0.717, 1.165) is 31.5 Å². The Morgan fingerprint density at radius 2 is 1.88 bits per heavy atom. The van der Waals surface area contributed by atoms with Crippen LogP contribution in [0.4, 0.5) is 0 Å². The predicted octanol–water partition coefficient (Wildman–Crippen LogP) is 0.862. The molecule has 0 aliphatic carbocycles. The fourth-order valence-corrected chi connectivity index (χ4v) is 5.41. The topological polar surface area (TPSA) is 79.4 Å². The third kappa shape index (κ3) is 4.42. The molecule has 130 valence electrons. The van der Waals surface area contributed by atoms with E-state index >= 15 is 0 Å². The molecule has 2 atom stereocenters. The molecule has 0 saturated carbocycles. The van der Waals surface area contributed by atoms with E-state index in [-0.39, 0.29) is 29.5 Å². The molecule has 0 aromatic carbocycles. The van der Waals surface area contributed by atoms with Gasteiger partial charge in [-0.25, -0.2) is 8.42 Å². The normalized spacial score (nSPS) is 27.3. The standard InChI is InChI=1S/C17H23N3O3S/c21-17(5-4-14-6-8-18-9-7-14)19-15-12-24(22,23)13-16(15)20-10-2-1-3-11-20/h4-9,15-16H,1-3,10-13H2,(H,19,21)/b5-4+/t15-,16+/m1/s1. The average molecular weight is 349 g/mol. The summed E-state index contributed by atoms with van der Waals surface area (Å²) in [6, 6.07) is 3.18. The number of carbonyl (C=O) groups excluding carboxylic acids is 1. The Hall–Kier alpha value is -1.73. The molecule has 0 radical (unpaired) electrons. The van der Waals surface area contributed by atoms with E-state index in [1.54, 1.807) is 30.6 Å². The Labute approximate surface area is 142 Å². The van der Waals surface area contributed by atoms with Crippen molar-refractivity contribution in [3.8, 4) is 0 Å². The van der Waals surface area contributed by atoms with Crippen LogP contribution in [0.25, 0.3) is 6.08 Å². The number of nitrogens with zero attached hydrogens (tertiary/aromatic N) is 2. The number of rotatable bonds is 4. The molecule has 1 aromatic rings. The summed E-state index contributed by atoms with van der Waals surface area (Å²) in [5, 5.41) is 2.89. The van der Waals surface area contributed by atoms with Gasteiger partial charge in [0.05, 0.1) is 17.5 Å². The van der Waals surface area contributed by atoms with E-state index in [4.69, 9.17) is 0 Å². The minimum absolute atomic E-state index is 0.0308. The summed E-state index contributed by atoms with van der Waals surface area (Å²) in [6.45, 7) is 1.83. The molecule has 1 N–H and O–H groups in total. The minimum Gasteiger partial charge on any atom is -0.347 e. The number of pyridine rings is 1. The maximum absolute atomic E-state index is 12.2. The molecule has 6 nitrogen and oxygen atoms in total. The second kappa shape index (κ2) is 7.44. The second-order valence-electron chi connectivity index (χ2n) is 6.47. The van der Waals surface area contributed by atoms with Gasteiger partial charge >= 0.3 is 0 Å². The largest absolute Gasteiger partial charge is 0.347 e. The van der Waals surface area contributed by atoms with Crippen LogP contribution >= 0.6 is 0 Å². The Morgan fingerprint density at radius 3 is 2.58 bits per heavy atom. The molecule has 0 spiro atoms. The van der Waals surface area contributed by atoms with Crippen LogP contribution in [0.5, 0.6) is 0 Å². The van der Waals surface area contributed by atoms with Crippen molar-refractivity contribution in [1.82, 2.24) is 15.2 Å². The number of nitrogens with one attached hydrogen (secondary N) is 1. The molecule has 2 fully saturated rings. The molecule has 1 amide bonds. The van der Waals surface area contributed by atoms with Crippen LogP contribution in [0.1, 0.15) is 24.8 Å². The minimum atomic E-state index is -3.10. The predicted molar refractivity (Wildman–Crippen MR) is 93.1 cm³/mol. The second-order valence-corrected chi connectivity index (χ2v) is 8.62. The maximum Gasteiger partial charge on any atom is 0.244 e. The van der Waals surface area contributed by atoms with Gasteiger partial charge in [0, 0.05) is 24.5 Å². The highest BCUT2D eigenvalue weighted by Gasteiger charge is 2.41. The summed E-state index contributed by atoms with van der Waals surface area (Å²) in [7, 11) is -3.10. The van der Waals surface area contributed by atoms with E-state index in [2.05, 4.69) is 15.2 Å². The van der Waals surface area contributed by atoms with Crippen molar-refractivity contribution in [3.63, 3.8) is 0 Å². The lowest BCUT2D eigenvalue weighted by atomic mass is 10.0. The van der Waals surface area contributed by atoms with Gasteiger partial charge in [-0.05, 0) is 49.7 Å². The van der Waals surface area contributed by atoms with Gasteiger partial charge < -0.3 is 5.32 Å². The number of aromatic nitrogens is 1. The van der Waals surface area contributed by atoms with E-state index in [1.807, 2.05) is 0 Å². The van der Waals surface area contributed by atoms with Crippen molar-refractivity contribution >= 4 is 21.8 Å². The van der Waals surface area contributed by atoms with Gasteiger partial charge in [0.2, 0.25) is 5.91 Å². The molecule has 0 bridgehead atoms. The zero-order valence-corrected chi connectivity index (χ0v) is 14.4. The Bertz CT molecular complexity index is 697. The van der Waals surface area contributed by atoms with Crippen LogP contribution in [-0.2, 0) is 14.6 Å². The molecule has 2 saturated heterocycles. The van der Waals surface area contributed by atoms with Crippen molar-refractivity contribution in [2.45, 2.75) is 31.3 Å². The Morgan fingerprint density at radius 1 is 1.17 bits per heavy atom. The highest BCUT2D eigenvalue weighted by atomic mass is 32.2. The smallest absolute Gasteiger partial charge is 0.244 e. The van der Waals surface area contributed by atoms with E-state index in [9.17, 15) is 13.2 Å². The summed E-state index contributed by atoms with van der Waals surface area (Å²) in [6.07, 6.45) is 9.87. The van der Waals surface area contributed by atoms with Crippen molar-refractivity contribution in [2.75, 3.05) is 24.6 Å². The van der Waals surface area contributed by atoms with Crippen molar-refractivity contribution in [2.24, 2.45) is 0 Å². The summed E-state index contributed by atoms with van der Waals surface area (Å²) < 4.78 is 24.1. The van der Waals surface area contributed by atoms with E-state index in [1.165, 1.54) is 12.5 Å². The lowest BCUT2D eigenvalue weighted by Crippen LogP contribution is -2.52. The molecule has 1 aromatic heterocycles. The van der Waals surface area contributed by atoms with Crippen molar-refractivity contribution in [3.05, 3.63) is 36.2 Å². The molecule has 24 heavy (non-hydrogen) atoms. The van der Waals surface area contributed by atoms with Gasteiger partial charge in [0.15, 0.2) is 9.84 Å². The fourth-order valence-electron chi connectivity index (χ4n) is 3.45. The number of piperidine rings is 1. The SMILES string of the molecule is O=C(/C=C/c1ccncc1)N[C@@H]1CS(=O)(=O)C[C@@H]1N1CCCCC1. The summed E-state index contributed by atoms with van der Waals surface area (Å²) in [5.74, 6) is -0.0782. The van der Waals surface area contributed by atoms with Crippen LogP contribution in [0.2, 0.25) is 0 Å². The summed E-state index contributed by atoms with van der Waals surface area (Å²) >= 11 is 0. The molecule has 2 aliphatic rings. The van der Waals surface area contributed by atoms with Crippen LogP contribution in [0, 0.1) is 0 Å². The number of hydrogen-bond acceptors (Lipinski definition) is 5. The van der Waals surface area contributed by atoms with Gasteiger partial charge in [-0.15, -0.1) is 0 Å². The Balaban J connectivity index is 1.65. The molecule has 0 unspecified atom stereocenters. The third-order valence-corrected chi connectivity index (χ3v) is 6.36. The Kier molecular flexibility index (Phi) is 5.30. The first kappa shape index (κ1) is 17.1. The van der Waals surface area contributed by atoms with Crippen LogP contribution in [0.3, 0.4) is 0 Å². The molecule has 3 rings (SSSR count). The first-order chi connectivity index (χ1) is 11.5. The van der Waals surface area contributed by atoms with Crippen LogP contribution < -0.4 is 5.32 Å². The molecule has 3 heterocycles. The zero-order valence-electron chi connectivity index (χ0n) is 13.6. The number of amides is 1. The van der Waals surface area contributed by atoms with Crippen LogP contribution in [-0.4, -0.2) is 60.9 Å². The van der Waals surface area contributed by atoms with Gasteiger partial charge in [-0.2, -0.15) is 0 Å². The lowest BCUT2D eigenvalue weighted by molar-refractivity contribution is -0.117. The lowest BCUT2D eigenvalue weighted by Gasteiger charge is -2.34. The number of carbonyl (C=O) groups is 1. The number of sulfone groups is 1. The van der Waals surface area contributed by atoms with Crippen LogP contribution in [0.15, 0.2) is 30.6 Å². The third-order valence-electron chi connectivity index (χ3n) is 4.64. The van der Waals surface area contributed by atoms with Crippen molar-refractivity contribution < 1.29 is 13.2 Å². The monoisotopic (exact) mass is 349 g/mol.